The maximum absolute atomic E-state index is 5.22. The molecule has 0 bridgehead atoms. The zero-order chi connectivity index (χ0) is 16.1. The molecule has 1 aliphatic rings. The zero-order valence-electron chi connectivity index (χ0n) is 14.6. The number of hydrogen-bond acceptors (Lipinski definition) is 2. The molecule has 24 heavy (non-hydrogen) atoms. The van der Waals surface area contributed by atoms with Crippen molar-refractivity contribution < 1.29 is 4.74 Å². The number of halogens is 1. The van der Waals surface area contributed by atoms with Crippen molar-refractivity contribution in [1.82, 2.24) is 5.32 Å². The number of hydrogen-bond donors (Lipinski definition) is 1. The van der Waals surface area contributed by atoms with Crippen molar-refractivity contribution in [2.24, 2.45) is 0 Å². The van der Waals surface area contributed by atoms with Gasteiger partial charge in [-0.1, -0.05) is 36.4 Å². The molecule has 0 saturated heterocycles. The molecule has 0 radical (unpaired) electrons. The van der Waals surface area contributed by atoms with Gasteiger partial charge in [0.25, 0.3) is 0 Å². The third-order valence-corrected chi connectivity index (χ3v) is 4.88. The van der Waals surface area contributed by atoms with E-state index in [-0.39, 0.29) is 12.4 Å². The Morgan fingerprint density at radius 3 is 2.62 bits per heavy atom. The number of aryl methyl sites for hydroxylation is 2. The summed E-state index contributed by atoms with van der Waals surface area (Å²) >= 11 is 0. The lowest BCUT2D eigenvalue weighted by molar-refractivity contribution is 0.395. The van der Waals surface area contributed by atoms with E-state index < -0.39 is 0 Å². The summed E-state index contributed by atoms with van der Waals surface area (Å²) in [5, 5.41) is 3.84. The Balaban J connectivity index is 0.00000208. The topological polar surface area (TPSA) is 21.3 Å². The quantitative estimate of drug-likeness (QED) is 0.785. The van der Waals surface area contributed by atoms with Crippen LogP contribution in [0.1, 0.15) is 48.9 Å². The summed E-state index contributed by atoms with van der Waals surface area (Å²) in [5.74, 6) is 0.929. The maximum Gasteiger partial charge on any atom is 0.118 e. The number of ether oxygens (including phenoxy) is 1. The summed E-state index contributed by atoms with van der Waals surface area (Å²) in [7, 11) is 1.71. The van der Waals surface area contributed by atoms with Gasteiger partial charge in [-0.05, 0) is 67.9 Å². The van der Waals surface area contributed by atoms with Gasteiger partial charge in [0.15, 0.2) is 0 Å². The fourth-order valence-corrected chi connectivity index (χ4v) is 3.53. The van der Waals surface area contributed by atoms with Crippen LogP contribution in [0.4, 0.5) is 0 Å². The van der Waals surface area contributed by atoms with Crippen molar-refractivity contribution in [3.63, 3.8) is 0 Å². The Morgan fingerprint density at radius 2 is 1.88 bits per heavy atom. The van der Waals surface area contributed by atoms with Gasteiger partial charge in [-0.3, -0.25) is 0 Å². The molecular formula is C21H28ClNO. The molecule has 1 aliphatic carbocycles. The van der Waals surface area contributed by atoms with E-state index in [1.54, 1.807) is 7.11 Å². The molecule has 0 fully saturated rings. The van der Waals surface area contributed by atoms with Gasteiger partial charge < -0.3 is 10.1 Å². The molecule has 3 rings (SSSR count). The standard InChI is InChI=1S/C21H27NO.ClH/c1-16(10-11-17-12-14-19(23-2)15-13-17)22-21-9-5-7-18-6-3-4-8-20(18)21;/h3-4,6,8,12-16,21-22H,5,7,9-11H2,1-2H3;1H. The molecule has 3 heteroatoms. The molecule has 2 aromatic rings. The SMILES string of the molecule is COc1ccc(CCC(C)NC2CCCc3ccccc32)cc1.Cl. The highest BCUT2D eigenvalue weighted by atomic mass is 35.5. The van der Waals surface area contributed by atoms with E-state index >= 15 is 0 Å². The molecule has 130 valence electrons. The summed E-state index contributed by atoms with van der Waals surface area (Å²) in [6.45, 7) is 2.31. The Bertz CT molecular complexity index is 626. The van der Waals surface area contributed by atoms with E-state index in [2.05, 4.69) is 48.6 Å². The van der Waals surface area contributed by atoms with Gasteiger partial charge in [0.1, 0.15) is 5.75 Å². The summed E-state index contributed by atoms with van der Waals surface area (Å²) in [5.41, 5.74) is 4.41. The number of nitrogens with one attached hydrogen (secondary N) is 1. The zero-order valence-corrected chi connectivity index (χ0v) is 15.4. The van der Waals surface area contributed by atoms with Crippen LogP contribution in [0, 0.1) is 0 Å². The van der Waals surface area contributed by atoms with Gasteiger partial charge in [0.05, 0.1) is 7.11 Å². The molecule has 2 unspecified atom stereocenters. The predicted octanol–water partition coefficient (Wildman–Crippen LogP) is 5.11. The summed E-state index contributed by atoms with van der Waals surface area (Å²) in [6, 6.07) is 18.4. The van der Waals surface area contributed by atoms with Crippen LogP contribution in [-0.2, 0) is 12.8 Å². The lowest BCUT2D eigenvalue weighted by Gasteiger charge is -2.29. The molecule has 0 heterocycles. The van der Waals surface area contributed by atoms with Crippen LogP contribution in [0.3, 0.4) is 0 Å². The molecular weight excluding hydrogens is 318 g/mol. The monoisotopic (exact) mass is 345 g/mol. The highest BCUT2D eigenvalue weighted by Gasteiger charge is 2.20. The van der Waals surface area contributed by atoms with Crippen LogP contribution in [-0.4, -0.2) is 13.2 Å². The van der Waals surface area contributed by atoms with Crippen LogP contribution in [0.15, 0.2) is 48.5 Å². The molecule has 0 amide bonds. The van der Waals surface area contributed by atoms with Gasteiger partial charge in [0, 0.05) is 12.1 Å². The largest absolute Gasteiger partial charge is 0.497 e. The fraction of sp³-hybridized carbons (Fsp3) is 0.429. The Kier molecular flexibility index (Phi) is 7.14. The van der Waals surface area contributed by atoms with Crippen LogP contribution < -0.4 is 10.1 Å². The molecule has 2 nitrogen and oxygen atoms in total. The van der Waals surface area contributed by atoms with E-state index in [4.69, 9.17) is 4.74 Å². The van der Waals surface area contributed by atoms with Crippen LogP contribution in [0.25, 0.3) is 0 Å². The van der Waals surface area contributed by atoms with Gasteiger partial charge in [0.2, 0.25) is 0 Å². The highest BCUT2D eigenvalue weighted by Crippen LogP contribution is 2.30. The van der Waals surface area contributed by atoms with Gasteiger partial charge in [-0.25, -0.2) is 0 Å². The minimum absolute atomic E-state index is 0. The second-order valence-corrected chi connectivity index (χ2v) is 6.60. The third kappa shape index (κ3) is 4.75. The van der Waals surface area contributed by atoms with E-state index in [9.17, 15) is 0 Å². The lowest BCUT2D eigenvalue weighted by Crippen LogP contribution is -2.33. The molecule has 1 N–H and O–H groups in total. The summed E-state index contributed by atoms with van der Waals surface area (Å²) in [4.78, 5) is 0. The van der Waals surface area contributed by atoms with Crippen molar-refractivity contribution in [3.8, 4) is 5.75 Å². The first-order valence-electron chi connectivity index (χ1n) is 8.73. The number of benzene rings is 2. The molecule has 2 aromatic carbocycles. The third-order valence-electron chi connectivity index (χ3n) is 4.88. The van der Waals surface area contributed by atoms with Crippen molar-refractivity contribution in [1.29, 1.82) is 0 Å². The number of rotatable bonds is 6. The van der Waals surface area contributed by atoms with E-state index in [0.717, 1.165) is 18.6 Å². The van der Waals surface area contributed by atoms with Crippen molar-refractivity contribution in [2.75, 3.05) is 7.11 Å². The highest BCUT2D eigenvalue weighted by molar-refractivity contribution is 5.85. The van der Waals surface area contributed by atoms with Gasteiger partial charge in [-0.2, -0.15) is 0 Å². The normalized spacial score (nSPS) is 17.5. The second kappa shape index (κ2) is 9.10. The van der Waals surface area contributed by atoms with Crippen LogP contribution in [0.2, 0.25) is 0 Å². The summed E-state index contributed by atoms with van der Waals surface area (Å²) < 4.78 is 5.22. The maximum atomic E-state index is 5.22. The molecule has 0 saturated carbocycles. The van der Waals surface area contributed by atoms with Crippen LogP contribution in [0.5, 0.6) is 5.75 Å². The first-order valence-corrected chi connectivity index (χ1v) is 8.73. The first kappa shape index (κ1) is 18.8. The Labute approximate surface area is 152 Å². The van der Waals surface area contributed by atoms with E-state index in [1.807, 2.05) is 12.1 Å². The minimum atomic E-state index is 0. The average Bonchev–Trinajstić information content (AvgIpc) is 2.61. The number of fused-ring (bicyclic) bond motifs is 1. The van der Waals surface area contributed by atoms with E-state index in [1.165, 1.54) is 36.0 Å². The fourth-order valence-electron chi connectivity index (χ4n) is 3.53. The lowest BCUT2D eigenvalue weighted by atomic mass is 9.87. The van der Waals surface area contributed by atoms with Crippen molar-refractivity contribution in [2.45, 2.75) is 51.1 Å². The molecule has 2 atom stereocenters. The van der Waals surface area contributed by atoms with E-state index in [0.29, 0.717) is 12.1 Å². The van der Waals surface area contributed by atoms with Crippen molar-refractivity contribution in [3.05, 3.63) is 65.2 Å². The second-order valence-electron chi connectivity index (χ2n) is 6.60. The first-order chi connectivity index (χ1) is 11.3. The number of methoxy groups -OCH3 is 1. The molecule has 0 aromatic heterocycles. The van der Waals surface area contributed by atoms with Crippen molar-refractivity contribution >= 4 is 12.4 Å². The predicted molar refractivity (Wildman–Crippen MR) is 103 cm³/mol. The molecule has 0 aliphatic heterocycles. The Hall–Kier alpha value is -1.51. The molecule has 0 spiro atoms. The Morgan fingerprint density at radius 1 is 1.12 bits per heavy atom. The van der Waals surface area contributed by atoms with Gasteiger partial charge in [-0.15, -0.1) is 12.4 Å². The average molecular weight is 346 g/mol. The minimum Gasteiger partial charge on any atom is -0.497 e. The van der Waals surface area contributed by atoms with Gasteiger partial charge >= 0.3 is 0 Å². The van der Waals surface area contributed by atoms with Crippen LogP contribution >= 0.6 is 12.4 Å². The smallest absolute Gasteiger partial charge is 0.118 e. The summed E-state index contributed by atoms with van der Waals surface area (Å²) in [6.07, 6.45) is 6.04.